The van der Waals surface area contributed by atoms with Crippen molar-refractivity contribution in [2.75, 3.05) is 13.1 Å². The molecule has 0 N–H and O–H groups in total. The summed E-state index contributed by atoms with van der Waals surface area (Å²) >= 11 is 5.85. The smallest absolute Gasteiger partial charge is 0.410 e. The zero-order chi connectivity index (χ0) is 17.5. The average molecular weight is 355 g/mol. The van der Waals surface area contributed by atoms with Crippen molar-refractivity contribution in [3.05, 3.63) is 23.0 Å². The molecule has 0 saturated carbocycles. The fraction of sp³-hybridized carbons (Fsp3) is 0.562. The van der Waals surface area contributed by atoms with Gasteiger partial charge in [0.1, 0.15) is 16.9 Å². The lowest BCUT2D eigenvalue weighted by atomic mass is 10.1. The van der Waals surface area contributed by atoms with Crippen molar-refractivity contribution in [3.8, 4) is 0 Å². The Morgan fingerprint density at radius 3 is 2.92 bits per heavy atom. The SMILES string of the molecule is CC(C)(C)OC(=O)N1CCC(Cn2nnc3cc(F)c(Cl)cc32)C1. The van der Waals surface area contributed by atoms with Crippen molar-refractivity contribution in [3.63, 3.8) is 0 Å². The Morgan fingerprint density at radius 2 is 2.21 bits per heavy atom. The van der Waals surface area contributed by atoms with Crippen LogP contribution in [0.1, 0.15) is 27.2 Å². The van der Waals surface area contributed by atoms with Crippen molar-refractivity contribution in [2.45, 2.75) is 39.3 Å². The van der Waals surface area contributed by atoms with Crippen LogP contribution in [0, 0.1) is 11.7 Å². The van der Waals surface area contributed by atoms with E-state index in [-0.39, 0.29) is 17.0 Å². The van der Waals surface area contributed by atoms with E-state index >= 15 is 0 Å². The molecule has 3 rings (SSSR count). The van der Waals surface area contributed by atoms with E-state index < -0.39 is 11.4 Å². The normalized spacial score (nSPS) is 18.4. The maximum Gasteiger partial charge on any atom is 0.410 e. The standard InChI is InChI=1S/C16H20ClFN4O2/c1-16(2,3)24-15(23)21-5-4-10(8-21)9-22-14-6-11(17)12(18)7-13(14)19-20-22/h6-7,10H,4-5,8-9H2,1-3H3. The highest BCUT2D eigenvalue weighted by atomic mass is 35.5. The van der Waals surface area contributed by atoms with Crippen LogP contribution >= 0.6 is 11.6 Å². The van der Waals surface area contributed by atoms with Crippen LogP contribution < -0.4 is 0 Å². The molecule has 0 spiro atoms. The number of benzene rings is 1. The fourth-order valence-corrected chi connectivity index (χ4v) is 2.97. The molecule has 1 aromatic heterocycles. The second kappa shape index (κ2) is 6.20. The Kier molecular flexibility index (Phi) is 4.38. The third kappa shape index (κ3) is 3.61. The van der Waals surface area contributed by atoms with Crippen LogP contribution in [0.5, 0.6) is 0 Å². The zero-order valence-corrected chi connectivity index (χ0v) is 14.7. The molecule has 2 heterocycles. The van der Waals surface area contributed by atoms with Crippen molar-refractivity contribution < 1.29 is 13.9 Å². The molecule has 2 aromatic rings. The van der Waals surface area contributed by atoms with Gasteiger partial charge >= 0.3 is 6.09 Å². The molecule has 1 atom stereocenters. The predicted molar refractivity (Wildman–Crippen MR) is 88.4 cm³/mol. The summed E-state index contributed by atoms with van der Waals surface area (Å²) in [5, 5.41) is 8.10. The van der Waals surface area contributed by atoms with Crippen LogP contribution in [0.3, 0.4) is 0 Å². The molecular weight excluding hydrogens is 335 g/mol. The molecule has 1 aliphatic rings. The van der Waals surface area contributed by atoms with Gasteiger partial charge in [0.25, 0.3) is 0 Å². The molecule has 1 fully saturated rings. The minimum absolute atomic E-state index is 0.0489. The highest BCUT2D eigenvalue weighted by Crippen LogP contribution is 2.24. The highest BCUT2D eigenvalue weighted by Gasteiger charge is 2.30. The van der Waals surface area contributed by atoms with Gasteiger partial charge in [0.15, 0.2) is 0 Å². The summed E-state index contributed by atoms with van der Waals surface area (Å²) in [5.41, 5.74) is 0.661. The van der Waals surface area contributed by atoms with Gasteiger partial charge in [0.05, 0.1) is 10.5 Å². The molecule has 1 saturated heterocycles. The summed E-state index contributed by atoms with van der Waals surface area (Å²) in [5.74, 6) is -0.264. The average Bonchev–Trinajstić information content (AvgIpc) is 3.07. The number of amides is 1. The molecular formula is C16H20ClFN4O2. The van der Waals surface area contributed by atoms with Crippen LogP contribution in [-0.4, -0.2) is 44.7 Å². The molecule has 130 valence electrons. The minimum Gasteiger partial charge on any atom is -0.444 e. The first-order valence-electron chi connectivity index (χ1n) is 7.89. The first-order valence-corrected chi connectivity index (χ1v) is 8.27. The molecule has 1 amide bonds. The molecule has 1 aliphatic heterocycles. The number of carbonyl (C=O) groups is 1. The van der Waals surface area contributed by atoms with Gasteiger partial charge < -0.3 is 9.64 Å². The number of likely N-dealkylation sites (tertiary alicyclic amines) is 1. The van der Waals surface area contributed by atoms with Gasteiger partial charge in [0.2, 0.25) is 0 Å². The molecule has 0 radical (unpaired) electrons. The number of halogens is 2. The lowest BCUT2D eigenvalue weighted by Gasteiger charge is -2.24. The Hall–Kier alpha value is -1.89. The molecule has 0 bridgehead atoms. The summed E-state index contributed by atoms with van der Waals surface area (Å²) in [6.45, 7) is 7.40. The second-order valence-electron chi connectivity index (χ2n) is 7.11. The third-order valence-electron chi connectivity index (χ3n) is 3.92. The molecule has 24 heavy (non-hydrogen) atoms. The van der Waals surface area contributed by atoms with Gasteiger partial charge in [-0.05, 0) is 39.2 Å². The third-order valence-corrected chi connectivity index (χ3v) is 4.21. The van der Waals surface area contributed by atoms with E-state index in [0.717, 1.165) is 6.42 Å². The van der Waals surface area contributed by atoms with Crippen LogP contribution in [0.4, 0.5) is 9.18 Å². The predicted octanol–water partition coefficient (Wildman–Crippen LogP) is 3.48. The topological polar surface area (TPSA) is 60.2 Å². The summed E-state index contributed by atoms with van der Waals surface area (Å²) in [4.78, 5) is 13.8. The molecule has 1 unspecified atom stereocenters. The summed E-state index contributed by atoms with van der Waals surface area (Å²) in [7, 11) is 0. The van der Waals surface area contributed by atoms with E-state index in [2.05, 4.69) is 10.3 Å². The highest BCUT2D eigenvalue weighted by molar-refractivity contribution is 6.31. The van der Waals surface area contributed by atoms with Gasteiger partial charge in [-0.3, -0.25) is 0 Å². The van der Waals surface area contributed by atoms with E-state index in [9.17, 15) is 9.18 Å². The van der Waals surface area contributed by atoms with E-state index in [1.807, 2.05) is 20.8 Å². The Labute approximate surface area is 144 Å². The zero-order valence-electron chi connectivity index (χ0n) is 13.9. The number of hydrogen-bond donors (Lipinski definition) is 0. The van der Waals surface area contributed by atoms with Crippen molar-refractivity contribution >= 4 is 28.7 Å². The van der Waals surface area contributed by atoms with Crippen molar-refractivity contribution in [2.24, 2.45) is 5.92 Å². The van der Waals surface area contributed by atoms with Gasteiger partial charge in [-0.2, -0.15) is 0 Å². The first-order chi connectivity index (χ1) is 11.2. The summed E-state index contributed by atoms with van der Waals surface area (Å²) in [6, 6.07) is 2.82. The maximum absolute atomic E-state index is 13.5. The van der Waals surface area contributed by atoms with Gasteiger partial charge in [0, 0.05) is 25.7 Å². The maximum atomic E-state index is 13.5. The number of carbonyl (C=O) groups excluding carboxylic acids is 1. The Balaban J connectivity index is 1.68. The lowest BCUT2D eigenvalue weighted by molar-refractivity contribution is 0.0287. The number of nitrogens with zero attached hydrogens (tertiary/aromatic N) is 4. The van der Waals surface area contributed by atoms with E-state index in [1.54, 1.807) is 9.58 Å². The molecule has 8 heteroatoms. The summed E-state index contributed by atoms with van der Waals surface area (Å²) < 4.78 is 20.6. The van der Waals surface area contributed by atoms with Gasteiger partial charge in [-0.1, -0.05) is 16.8 Å². The van der Waals surface area contributed by atoms with Gasteiger partial charge in [-0.15, -0.1) is 5.10 Å². The van der Waals surface area contributed by atoms with E-state index in [4.69, 9.17) is 16.3 Å². The van der Waals surface area contributed by atoms with Crippen molar-refractivity contribution in [1.29, 1.82) is 0 Å². The molecule has 0 aliphatic carbocycles. The van der Waals surface area contributed by atoms with Crippen molar-refractivity contribution in [1.82, 2.24) is 19.9 Å². The van der Waals surface area contributed by atoms with E-state index in [1.165, 1.54) is 12.1 Å². The van der Waals surface area contributed by atoms with Crippen LogP contribution in [0.2, 0.25) is 5.02 Å². The number of rotatable bonds is 2. The Morgan fingerprint density at radius 1 is 1.46 bits per heavy atom. The van der Waals surface area contributed by atoms with E-state index in [0.29, 0.717) is 30.7 Å². The van der Waals surface area contributed by atoms with Gasteiger partial charge in [-0.25, -0.2) is 13.9 Å². The van der Waals surface area contributed by atoms with Crippen LogP contribution in [0.25, 0.3) is 11.0 Å². The minimum atomic E-state index is -0.506. The fourth-order valence-electron chi connectivity index (χ4n) is 2.82. The summed E-state index contributed by atoms with van der Waals surface area (Å²) in [6.07, 6.45) is 0.564. The largest absolute Gasteiger partial charge is 0.444 e. The second-order valence-corrected chi connectivity index (χ2v) is 7.51. The number of fused-ring (bicyclic) bond motifs is 1. The molecule has 6 nitrogen and oxygen atoms in total. The number of hydrogen-bond acceptors (Lipinski definition) is 4. The molecule has 1 aromatic carbocycles. The Bertz CT molecular complexity index is 771. The lowest BCUT2D eigenvalue weighted by Crippen LogP contribution is -2.35. The van der Waals surface area contributed by atoms with Crippen LogP contribution in [-0.2, 0) is 11.3 Å². The van der Waals surface area contributed by atoms with Crippen LogP contribution in [0.15, 0.2) is 12.1 Å². The number of aromatic nitrogens is 3. The number of ether oxygens (including phenoxy) is 1. The first kappa shape index (κ1) is 17.0. The quantitative estimate of drug-likeness (QED) is 0.828. The monoisotopic (exact) mass is 354 g/mol.